The molecule has 1 fully saturated rings. The van der Waals surface area contributed by atoms with Crippen molar-refractivity contribution >= 4 is 0 Å². The average molecular weight is 259 g/mol. The van der Waals surface area contributed by atoms with Gasteiger partial charge in [0.1, 0.15) is 5.75 Å². The summed E-state index contributed by atoms with van der Waals surface area (Å²) < 4.78 is 5.36. The van der Waals surface area contributed by atoms with Crippen LogP contribution < -0.4 is 5.73 Å². The van der Waals surface area contributed by atoms with Crippen molar-refractivity contribution < 1.29 is 9.63 Å². The van der Waals surface area contributed by atoms with Crippen LogP contribution in [0.15, 0.2) is 28.8 Å². The van der Waals surface area contributed by atoms with Crippen molar-refractivity contribution in [3.8, 4) is 17.1 Å². The van der Waals surface area contributed by atoms with Gasteiger partial charge in [0.25, 0.3) is 0 Å². The second-order valence-corrected chi connectivity index (χ2v) is 5.06. The predicted octanol–water partition coefficient (Wildman–Crippen LogP) is 2.43. The van der Waals surface area contributed by atoms with E-state index in [9.17, 15) is 5.11 Å². The van der Waals surface area contributed by atoms with E-state index in [2.05, 4.69) is 10.1 Å². The molecule has 0 radical (unpaired) electrons. The lowest BCUT2D eigenvalue weighted by molar-refractivity contribution is 0.290. The van der Waals surface area contributed by atoms with Gasteiger partial charge in [0.2, 0.25) is 11.7 Å². The van der Waals surface area contributed by atoms with Gasteiger partial charge in [-0.05, 0) is 37.1 Å². The predicted molar refractivity (Wildman–Crippen MR) is 70.6 cm³/mol. The normalized spacial score (nSPS) is 23.4. The van der Waals surface area contributed by atoms with Crippen molar-refractivity contribution in [1.29, 1.82) is 0 Å². The molecule has 5 heteroatoms. The number of benzene rings is 1. The number of aromatic nitrogens is 2. The molecule has 2 unspecified atom stereocenters. The maximum atomic E-state index is 9.27. The quantitative estimate of drug-likeness (QED) is 0.865. The molecule has 0 bridgehead atoms. The van der Waals surface area contributed by atoms with Crippen molar-refractivity contribution in [2.75, 3.05) is 0 Å². The summed E-state index contributed by atoms with van der Waals surface area (Å²) in [7, 11) is 0. The van der Waals surface area contributed by atoms with E-state index in [0.717, 1.165) is 24.8 Å². The molecular formula is C14H17N3O2. The van der Waals surface area contributed by atoms with Crippen LogP contribution in [-0.4, -0.2) is 21.3 Å². The van der Waals surface area contributed by atoms with Crippen LogP contribution in [0.4, 0.5) is 0 Å². The Balaban J connectivity index is 1.84. The summed E-state index contributed by atoms with van der Waals surface area (Å²) in [5.74, 6) is 1.58. The van der Waals surface area contributed by atoms with Crippen LogP contribution in [0.1, 0.15) is 37.5 Å². The first-order valence-corrected chi connectivity index (χ1v) is 6.62. The summed E-state index contributed by atoms with van der Waals surface area (Å²) in [5.41, 5.74) is 6.95. The largest absolute Gasteiger partial charge is 0.508 e. The van der Waals surface area contributed by atoms with Crippen molar-refractivity contribution in [3.05, 3.63) is 30.2 Å². The molecule has 19 heavy (non-hydrogen) atoms. The fourth-order valence-corrected chi connectivity index (χ4v) is 2.58. The number of aromatic hydroxyl groups is 1. The van der Waals surface area contributed by atoms with Crippen LogP contribution in [0.2, 0.25) is 0 Å². The molecule has 1 heterocycles. The summed E-state index contributed by atoms with van der Waals surface area (Å²) in [6, 6.07) is 6.87. The van der Waals surface area contributed by atoms with Gasteiger partial charge in [-0.15, -0.1) is 0 Å². The Bertz CT molecular complexity index is 550. The molecule has 3 N–H and O–H groups in total. The molecule has 1 aliphatic rings. The number of hydrogen-bond donors (Lipinski definition) is 2. The van der Waals surface area contributed by atoms with Crippen LogP contribution in [0.5, 0.6) is 5.75 Å². The molecule has 0 amide bonds. The molecule has 1 aliphatic carbocycles. The Kier molecular flexibility index (Phi) is 3.21. The minimum absolute atomic E-state index is 0.113. The van der Waals surface area contributed by atoms with E-state index < -0.39 is 0 Å². The lowest BCUT2D eigenvalue weighted by Gasteiger charge is -2.25. The first-order valence-electron chi connectivity index (χ1n) is 6.62. The van der Waals surface area contributed by atoms with Crippen LogP contribution in [0, 0.1) is 0 Å². The first kappa shape index (κ1) is 12.2. The van der Waals surface area contributed by atoms with Gasteiger partial charge in [-0.1, -0.05) is 18.0 Å². The maximum Gasteiger partial charge on any atom is 0.231 e. The van der Waals surface area contributed by atoms with Gasteiger partial charge in [0.05, 0.1) is 5.92 Å². The lowest BCUT2D eigenvalue weighted by Crippen LogP contribution is -2.31. The highest BCUT2D eigenvalue weighted by Gasteiger charge is 2.28. The van der Waals surface area contributed by atoms with Gasteiger partial charge in [-0.2, -0.15) is 4.98 Å². The van der Waals surface area contributed by atoms with Crippen molar-refractivity contribution in [2.24, 2.45) is 5.73 Å². The zero-order valence-electron chi connectivity index (χ0n) is 10.6. The van der Waals surface area contributed by atoms with Gasteiger partial charge in [0.15, 0.2) is 0 Å². The third-order valence-electron chi connectivity index (χ3n) is 3.70. The van der Waals surface area contributed by atoms with Crippen molar-refractivity contribution in [3.63, 3.8) is 0 Å². The highest BCUT2D eigenvalue weighted by atomic mass is 16.5. The van der Waals surface area contributed by atoms with Gasteiger partial charge < -0.3 is 15.4 Å². The number of phenols is 1. The molecule has 3 rings (SSSR count). The van der Waals surface area contributed by atoms with Crippen molar-refractivity contribution in [2.45, 2.75) is 37.6 Å². The Morgan fingerprint density at radius 1 is 1.16 bits per heavy atom. The molecule has 0 saturated heterocycles. The third kappa shape index (κ3) is 2.46. The van der Waals surface area contributed by atoms with Gasteiger partial charge >= 0.3 is 0 Å². The van der Waals surface area contributed by atoms with Crippen molar-refractivity contribution in [1.82, 2.24) is 10.1 Å². The zero-order chi connectivity index (χ0) is 13.2. The second-order valence-electron chi connectivity index (χ2n) is 5.06. The number of hydrogen-bond acceptors (Lipinski definition) is 5. The zero-order valence-corrected chi connectivity index (χ0v) is 10.6. The molecule has 1 aromatic heterocycles. The van der Waals surface area contributed by atoms with E-state index in [1.54, 1.807) is 24.3 Å². The number of nitrogens with two attached hydrogens (primary N) is 1. The van der Waals surface area contributed by atoms with Gasteiger partial charge in [-0.3, -0.25) is 0 Å². The Morgan fingerprint density at radius 3 is 2.63 bits per heavy atom. The van der Waals surface area contributed by atoms with Crippen LogP contribution in [0.25, 0.3) is 11.4 Å². The maximum absolute atomic E-state index is 9.27. The smallest absolute Gasteiger partial charge is 0.231 e. The molecule has 5 nitrogen and oxygen atoms in total. The fraction of sp³-hybridized carbons (Fsp3) is 0.429. The highest BCUT2D eigenvalue weighted by molar-refractivity contribution is 5.55. The minimum Gasteiger partial charge on any atom is -0.508 e. The lowest BCUT2D eigenvalue weighted by atomic mass is 9.85. The van der Waals surface area contributed by atoms with E-state index in [1.807, 2.05) is 0 Å². The average Bonchev–Trinajstić information content (AvgIpc) is 2.89. The van der Waals surface area contributed by atoms with E-state index in [1.165, 1.54) is 6.42 Å². The standard InChI is InChI=1S/C14H17N3O2/c15-12-4-2-1-3-11(12)14-16-13(17-19-14)9-5-7-10(18)8-6-9/h5-8,11-12,18H,1-4,15H2. The van der Waals surface area contributed by atoms with E-state index >= 15 is 0 Å². The molecule has 1 aromatic carbocycles. The Hall–Kier alpha value is -1.88. The SMILES string of the molecule is NC1CCCCC1c1nc(-c2ccc(O)cc2)no1. The van der Waals surface area contributed by atoms with Crippen LogP contribution in [-0.2, 0) is 0 Å². The van der Waals surface area contributed by atoms with E-state index in [-0.39, 0.29) is 17.7 Å². The molecule has 0 spiro atoms. The number of rotatable bonds is 2. The number of phenolic OH excluding ortho intramolecular Hbond substituents is 1. The summed E-state index contributed by atoms with van der Waals surface area (Å²) >= 11 is 0. The monoisotopic (exact) mass is 259 g/mol. The molecule has 0 aliphatic heterocycles. The highest BCUT2D eigenvalue weighted by Crippen LogP contribution is 2.32. The molecule has 2 atom stereocenters. The summed E-state index contributed by atoms with van der Waals surface area (Å²) in [6.45, 7) is 0. The summed E-state index contributed by atoms with van der Waals surface area (Å²) in [5, 5.41) is 13.3. The van der Waals surface area contributed by atoms with Crippen LogP contribution in [0.3, 0.4) is 0 Å². The molecule has 1 saturated carbocycles. The molecule has 2 aromatic rings. The van der Waals surface area contributed by atoms with E-state index in [4.69, 9.17) is 10.3 Å². The third-order valence-corrected chi connectivity index (χ3v) is 3.70. The fourth-order valence-electron chi connectivity index (χ4n) is 2.58. The molecular weight excluding hydrogens is 242 g/mol. The van der Waals surface area contributed by atoms with E-state index in [0.29, 0.717) is 11.7 Å². The summed E-state index contributed by atoms with van der Waals surface area (Å²) in [6.07, 6.45) is 4.37. The van der Waals surface area contributed by atoms with Crippen LogP contribution >= 0.6 is 0 Å². The number of nitrogens with zero attached hydrogens (tertiary/aromatic N) is 2. The second kappa shape index (κ2) is 5.01. The van der Waals surface area contributed by atoms with Gasteiger partial charge in [0, 0.05) is 11.6 Å². The minimum atomic E-state index is 0.113. The molecule has 100 valence electrons. The Labute approximate surface area is 111 Å². The van der Waals surface area contributed by atoms with Gasteiger partial charge in [-0.25, -0.2) is 0 Å². The topological polar surface area (TPSA) is 85.2 Å². The Morgan fingerprint density at radius 2 is 1.89 bits per heavy atom. The first-order chi connectivity index (χ1) is 9.24. The summed E-state index contributed by atoms with van der Waals surface area (Å²) in [4.78, 5) is 4.44.